The molecule has 5 heteroatoms. The number of carbonyl (C=O) groups is 2. The Bertz CT molecular complexity index is 462. The van der Waals surface area contributed by atoms with Crippen LogP contribution in [0.2, 0.25) is 0 Å². The van der Waals surface area contributed by atoms with Crippen molar-refractivity contribution in [1.29, 1.82) is 0 Å². The summed E-state index contributed by atoms with van der Waals surface area (Å²) < 4.78 is 13.3. The van der Waals surface area contributed by atoms with E-state index >= 15 is 0 Å². The zero-order chi connectivity index (χ0) is 12.4. The van der Waals surface area contributed by atoms with Crippen molar-refractivity contribution in [1.82, 2.24) is 4.90 Å². The van der Waals surface area contributed by atoms with Crippen molar-refractivity contribution in [2.75, 3.05) is 12.4 Å². The number of hydrogen-bond donors (Lipinski definition) is 1. The van der Waals surface area contributed by atoms with Crippen LogP contribution in [-0.4, -0.2) is 29.8 Å². The summed E-state index contributed by atoms with van der Waals surface area (Å²) in [7, 11) is 1.58. The molecule has 1 aromatic carbocycles. The van der Waals surface area contributed by atoms with Gasteiger partial charge in [-0.25, -0.2) is 4.39 Å². The number of benzene rings is 1. The van der Waals surface area contributed by atoms with E-state index in [9.17, 15) is 14.0 Å². The lowest BCUT2D eigenvalue weighted by Gasteiger charge is -2.19. The predicted octanol–water partition coefficient (Wildman–Crippen LogP) is 1.38. The standard InChI is InChI=1S/C12H13FN2O2/c1-15-10(6-7-11(15)16)12(17)14-9-5-3-2-4-8(9)13/h2-5,10H,6-7H2,1H3,(H,14,17). The van der Waals surface area contributed by atoms with Gasteiger partial charge in [0.25, 0.3) is 0 Å². The van der Waals surface area contributed by atoms with Gasteiger partial charge in [-0.1, -0.05) is 12.1 Å². The van der Waals surface area contributed by atoms with Gasteiger partial charge in [-0.15, -0.1) is 0 Å². The number of likely N-dealkylation sites (tertiary alicyclic amines) is 1. The number of para-hydroxylation sites is 1. The summed E-state index contributed by atoms with van der Waals surface area (Å²) >= 11 is 0. The fourth-order valence-electron chi connectivity index (χ4n) is 1.89. The van der Waals surface area contributed by atoms with Crippen LogP contribution in [0.3, 0.4) is 0 Å². The Kier molecular flexibility index (Phi) is 3.08. The summed E-state index contributed by atoms with van der Waals surface area (Å²) in [5, 5.41) is 2.50. The number of amides is 2. The highest BCUT2D eigenvalue weighted by Crippen LogP contribution is 2.19. The molecule has 1 atom stereocenters. The van der Waals surface area contributed by atoms with E-state index < -0.39 is 11.9 Å². The molecule has 0 aliphatic carbocycles. The molecule has 1 aromatic rings. The molecule has 0 radical (unpaired) electrons. The number of rotatable bonds is 2. The number of likely N-dealkylation sites (N-methyl/N-ethyl adjacent to an activating group) is 1. The van der Waals surface area contributed by atoms with Crippen molar-refractivity contribution in [2.45, 2.75) is 18.9 Å². The maximum atomic E-state index is 13.3. The lowest BCUT2D eigenvalue weighted by Crippen LogP contribution is -2.39. The Morgan fingerprint density at radius 3 is 2.76 bits per heavy atom. The fourth-order valence-corrected chi connectivity index (χ4v) is 1.89. The van der Waals surface area contributed by atoms with E-state index in [0.29, 0.717) is 12.8 Å². The number of anilines is 1. The van der Waals surface area contributed by atoms with Crippen molar-refractivity contribution < 1.29 is 14.0 Å². The van der Waals surface area contributed by atoms with Crippen LogP contribution in [0.4, 0.5) is 10.1 Å². The van der Waals surface area contributed by atoms with Crippen LogP contribution in [0.25, 0.3) is 0 Å². The van der Waals surface area contributed by atoms with E-state index in [4.69, 9.17) is 0 Å². The van der Waals surface area contributed by atoms with Gasteiger partial charge < -0.3 is 10.2 Å². The Hall–Kier alpha value is -1.91. The van der Waals surface area contributed by atoms with E-state index in [1.165, 1.54) is 17.0 Å². The van der Waals surface area contributed by atoms with Crippen LogP contribution in [0.1, 0.15) is 12.8 Å². The topological polar surface area (TPSA) is 49.4 Å². The number of carbonyl (C=O) groups excluding carboxylic acids is 2. The molecule has 1 aliphatic heterocycles. The fraction of sp³-hybridized carbons (Fsp3) is 0.333. The minimum atomic E-state index is -0.498. The molecule has 0 aromatic heterocycles. The molecule has 1 N–H and O–H groups in total. The van der Waals surface area contributed by atoms with E-state index in [1.54, 1.807) is 19.2 Å². The van der Waals surface area contributed by atoms with Gasteiger partial charge in [0.1, 0.15) is 11.9 Å². The third kappa shape index (κ3) is 2.27. The smallest absolute Gasteiger partial charge is 0.247 e. The molecule has 0 bridgehead atoms. The quantitative estimate of drug-likeness (QED) is 0.843. The molecule has 0 saturated carbocycles. The molecular formula is C12H13FN2O2. The summed E-state index contributed by atoms with van der Waals surface area (Å²) in [5.74, 6) is -0.880. The van der Waals surface area contributed by atoms with Gasteiger partial charge in [0.15, 0.2) is 0 Å². The zero-order valence-corrected chi connectivity index (χ0v) is 9.44. The Balaban J connectivity index is 2.08. The monoisotopic (exact) mass is 236 g/mol. The molecule has 2 amide bonds. The number of nitrogens with one attached hydrogen (secondary N) is 1. The molecular weight excluding hydrogens is 223 g/mol. The van der Waals surface area contributed by atoms with Gasteiger partial charge in [0, 0.05) is 13.5 Å². The van der Waals surface area contributed by atoms with Gasteiger partial charge in [0.05, 0.1) is 5.69 Å². The van der Waals surface area contributed by atoms with Crippen LogP contribution in [0.15, 0.2) is 24.3 Å². The van der Waals surface area contributed by atoms with E-state index in [0.717, 1.165) is 0 Å². The maximum absolute atomic E-state index is 13.3. The van der Waals surface area contributed by atoms with Crippen LogP contribution in [-0.2, 0) is 9.59 Å². The number of nitrogens with zero attached hydrogens (tertiary/aromatic N) is 1. The third-order valence-corrected chi connectivity index (χ3v) is 2.93. The SMILES string of the molecule is CN1C(=O)CCC1C(=O)Nc1ccccc1F. The second kappa shape index (κ2) is 4.53. The highest BCUT2D eigenvalue weighted by atomic mass is 19.1. The lowest BCUT2D eigenvalue weighted by atomic mass is 10.2. The van der Waals surface area contributed by atoms with Gasteiger partial charge in [-0.3, -0.25) is 9.59 Å². The molecule has 1 saturated heterocycles. The van der Waals surface area contributed by atoms with Crippen LogP contribution in [0.5, 0.6) is 0 Å². The molecule has 1 fully saturated rings. The summed E-state index contributed by atoms with van der Waals surface area (Å²) in [5.41, 5.74) is 0.144. The highest BCUT2D eigenvalue weighted by molar-refractivity contribution is 5.98. The highest BCUT2D eigenvalue weighted by Gasteiger charge is 2.33. The Morgan fingerprint density at radius 2 is 2.18 bits per heavy atom. The van der Waals surface area contributed by atoms with Gasteiger partial charge in [0.2, 0.25) is 11.8 Å². The van der Waals surface area contributed by atoms with Gasteiger partial charge in [-0.05, 0) is 18.6 Å². The Labute approximate surface area is 98.4 Å². The molecule has 1 aliphatic rings. The third-order valence-electron chi connectivity index (χ3n) is 2.93. The summed E-state index contributed by atoms with van der Waals surface area (Å²) in [6.07, 6.45) is 0.849. The van der Waals surface area contributed by atoms with Crippen LogP contribution in [0, 0.1) is 5.82 Å². The molecule has 2 rings (SSSR count). The molecule has 90 valence electrons. The average molecular weight is 236 g/mol. The van der Waals surface area contributed by atoms with E-state index in [1.807, 2.05) is 0 Å². The number of halogens is 1. The second-order valence-corrected chi connectivity index (χ2v) is 4.03. The maximum Gasteiger partial charge on any atom is 0.247 e. The van der Waals surface area contributed by atoms with Crippen LogP contribution < -0.4 is 5.32 Å². The van der Waals surface area contributed by atoms with Crippen molar-refractivity contribution >= 4 is 17.5 Å². The molecule has 4 nitrogen and oxygen atoms in total. The molecule has 1 heterocycles. The first-order valence-electron chi connectivity index (χ1n) is 5.40. The lowest BCUT2D eigenvalue weighted by molar-refractivity contribution is -0.131. The zero-order valence-electron chi connectivity index (χ0n) is 9.44. The van der Waals surface area contributed by atoms with Crippen molar-refractivity contribution in [3.05, 3.63) is 30.1 Å². The molecule has 17 heavy (non-hydrogen) atoms. The largest absolute Gasteiger partial charge is 0.334 e. The van der Waals surface area contributed by atoms with E-state index in [-0.39, 0.29) is 17.5 Å². The second-order valence-electron chi connectivity index (χ2n) is 4.03. The first-order chi connectivity index (χ1) is 8.09. The number of hydrogen-bond acceptors (Lipinski definition) is 2. The first-order valence-corrected chi connectivity index (χ1v) is 5.40. The minimum absolute atomic E-state index is 0.0568. The summed E-state index contributed by atoms with van der Waals surface area (Å²) in [6, 6.07) is 5.46. The Morgan fingerprint density at radius 1 is 1.47 bits per heavy atom. The normalized spacial score (nSPS) is 19.5. The van der Waals surface area contributed by atoms with Crippen molar-refractivity contribution in [2.24, 2.45) is 0 Å². The summed E-state index contributed by atoms with van der Waals surface area (Å²) in [4.78, 5) is 24.5. The van der Waals surface area contributed by atoms with Gasteiger partial charge >= 0.3 is 0 Å². The summed E-state index contributed by atoms with van der Waals surface area (Å²) in [6.45, 7) is 0. The first kappa shape index (κ1) is 11.6. The van der Waals surface area contributed by atoms with Crippen molar-refractivity contribution in [3.8, 4) is 0 Å². The average Bonchev–Trinajstić information content (AvgIpc) is 2.63. The minimum Gasteiger partial charge on any atom is -0.334 e. The molecule has 0 spiro atoms. The van der Waals surface area contributed by atoms with E-state index in [2.05, 4.69) is 5.32 Å². The van der Waals surface area contributed by atoms with Crippen LogP contribution >= 0.6 is 0 Å². The van der Waals surface area contributed by atoms with Gasteiger partial charge in [-0.2, -0.15) is 0 Å². The predicted molar refractivity (Wildman–Crippen MR) is 60.8 cm³/mol. The van der Waals surface area contributed by atoms with Crippen molar-refractivity contribution in [3.63, 3.8) is 0 Å². The molecule has 1 unspecified atom stereocenters.